The van der Waals surface area contributed by atoms with Gasteiger partial charge in [0.1, 0.15) is 12.4 Å². The Balaban J connectivity index is 2.26. The van der Waals surface area contributed by atoms with Crippen molar-refractivity contribution in [3.63, 3.8) is 0 Å². The van der Waals surface area contributed by atoms with E-state index in [9.17, 15) is 9.18 Å². The highest BCUT2D eigenvalue weighted by atomic mass is 19.1. The van der Waals surface area contributed by atoms with Gasteiger partial charge < -0.3 is 10.0 Å². The Labute approximate surface area is 121 Å². The lowest BCUT2D eigenvalue weighted by atomic mass is 10.1. The average Bonchev–Trinajstić information content (AvgIpc) is 2.98. The lowest BCUT2D eigenvalue weighted by Gasteiger charge is -2.17. The number of carbonyl (C=O) groups is 1. The summed E-state index contributed by atoms with van der Waals surface area (Å²) in [6.07, 6.45) is 3.30. The average molecular weight is 287 g/mol. The summed E-state index contributed by atoms with van der Waals surface area (Å²) in [5, 5.41) is 15.2. The van der Waals surface area contributed by atoms with Crippen LogP contribution in [0.2, 0.25) is 0 Å². The second-order valence-electron chi connectivity index (χ2n) is 4.42. The van der Waals surface area contributed by atoms with Gasteiger partial charge in [-0.05, 0) is 18.2 Å². The smallest absolute Gasteiger partial charge is 0.255 e. The van der Waals surface area contributed by atoms with Gasteiger partial charge in [0, 0.05) is 30.9 Å². The fraction of sp³-hybridized carbons (Fsp3) is 0.200. The third kappa shape index (κ3) is 3.68. The number of aliphatic hydroxyl groups is 1. The largest absolute Gasteiger partial charge is 0.384 e. The molecule has 1 amide bonds. The van der Waals surface area contributed by atoms with Gasteiger partial charge in [-0.2, -0.15) is 5.10 Å². The van der Waals surface area contributed by atoms with Crippen LogP contribution >= 0.6 is 0 Å². The molecule has 2 rings (SSSR count). The topological polar surface area (TPSA) is 69.2 Å². The summed E-state index contributed by atoms with van der Waals surface area (Å²) in [5.74, 6) is 4.25. The zero-order valence-electron chi connectivity index (χ0n) is 11.4. The van der Waals surface area contributed by atoms with E-state index in [4.69, 9.17) is 5.11 Å². The number of aromatic nitrogens is 2. The van der Waals surface area contributed by atoms with Crippen LogP contribution in [0.3, 0.4) is 0 Å². The van der Waals surface area contributed by atoms with Crippen LogP contribution < -0.4 is 0 Å². The molecular formula is C15H14FN3O2. The first kappa shape index (κ1) is 14.8. The number of carbonyl (C=O) groups excluding carboxylic acids is 1. The van der Waals surface area contributed by atoms with E-state index >= 15 is 0 Å². The lowest BCUT2D eigenvalue weighted by molar-refractivity contribution is 0.0784. The Kier molecular flexibility index (Phi) is 4.69. The second-order valence-corrected chi connectivity index (χ2v) is 4.42. The predicted molar refractivity (Wildman–Crippen MR) is 74.7 cm³/mol. The van der Waals surface area contributed by atoms with Crippen LogP contribution in [0.25, 0.3) is 0 Å². The van der Waals surface area contributed by atoms with Crippen LogP contribution in [-0.4, -0.2) is 39.8 Å². The van der Waals surface area contributed by atoms with Gasteiger partial charge in [0.15, 0.2) is 0 Å². The molecule has 0 unspecified atom stereocenters. The van der Waals surface area contributed by atoms with E-state index in [1.807, 2.05) is 0 Å². The van der Waals surface area contributed by atoms with Crippen molar-refractivity contribution < 1.29 is 14.3 Å². The number of nitrogens with zero attached hydrogens (tertiary/aromatic N) is 2. The van der Waals surface area contributed by atoms with Crippen LogP contribution in [0.4, 0.5) is 4.39 Å². The van der Waals surface area contributed by atoms with Crippen molar-refractivity contribution in [2.75, 3.05) is 13.7 Å². The number of rotatable bonds is 3. The number of hydrogen-bond donors (Lipinski definition) is 2. The molecule has 21 heavy (non-hydrogen) atoms. The normalized spacial score (nSPS) is 9.86. The number of nitrogens with one attached hydrogen (secondary N) is 1. The van der Waals surface area contributed by atoms with Crippen LogP contribution in [0.5, 0.6) is 0 Å². The van der Waals surface area contributed by atoms with Gasteiger partial charge in [-0.25, -0.2) is 4.39 Å². The Morgan fingerprint density at radius 1 is 1.52 bits per heavy atom. The third-order valence-corrected chi connectivity index (χ3v) is 2.84. The second kappa shape index (κ2) is 6.68. The predicted octanol–water partition coefficient (Wildman–Crippen LogP) is 1.16. The van der Waals surface area contributed by atoms with Gasteiger partial charge >= 0.3 is 0 Å². The van der Waals surface area contributed by atoms with E-state index in [0.717, 1.165) is 11.6 Å². The molecule has 1 heterocycles. The van der Waals surface area contributed by atoms with Gasteiger partial charge in [-0.15, -0.1) is 0 Å². The van der Waals surface area contributed by atoms with E-state index in [1.165, 1.54) is 17.0 Å². The molecular weight excluding hydrogens is 273 g/mol. The molecule has 0 fully saturated rings. The third-order valence-electron chi connectivity index (χ3n) is 2.84. The standard InChI is InChI=1S/C15H14FN3O2/c1-19(10-11-8-17-18-9-11)15(21)14-7-13(16)5-4-12(14)3-2-6-20/h4-5,7-9,20H,6,10H2,1H3,(H,17,18). The van der Waals surface area contributed by atoms with Crippen molar-refractivity contribution in [2.24, 2.45) is 0 Å². The first-order valence-electron chi connectivity index (χ1n) is 6.24. The summed E-state index contributed by atoms with van der Waals surface area (Å²) >= 11 is 0. The number of aromatic amines is 1. The first-order chi connectivity index (χ1) is 10.1. The minimum absolute atomic E-state index is 0.168. The Bertz CT molecular complexity index is 687. The van der Waals surface area contributed by atoms with Gasteiger partial charge in [-0.1, -0.05) is 11.8 Å². The van der Waals surface area contributed by atoms with Gasteiger partial charge in [0.2, 0.25) is 0 Å². The maximum atomic E-state index is 13.4. The summed E-state index contributed by atoms with van der Waals surface area (Å²) in [6.45, 7) is 0.0224. The van der Waals surface area contributed by atoms with Gasteiger partial charge in [0.05, 0.1) is 11.8 Å². The van der Waals surface area contributed by atoms with Crippen molar-refractivity contribution in [3.05, 3.63) is 53.1 Å². The van der Waals surface area contributed by atoms with Gasteiger partial charge in [-0.3, -0.25) is 9.89 Å². The highest BCUT2D eigenvalue weighted by molar-refractivity contribution is 5.96. The SMILES string of the molecule is CN(Cc1cn[nH]c1)C(=O)c1cc(F)ccc1C#CCO. The number of aliphatic hydroxyl groups excluding tert-OH is 1. The van der Waals surface area contributed by atoms with Crippen LogP contribution in [0.1, 0.15) is 21.5 Å². The summed E-state index contributed by atoms with van der Waals surface area (Å²) in [6, 6.07) is 3.81. The number of H-pyrrole nitrogens is 1. The van der Waals surface area contributed by atoms with E-state index in [-0.39, 0.29) is 18.1 Å². The first-order valence-corrected chi connectivity index (χ1v) is 6.24. The van der Waals surface area contributed by atoms with Crippen LogP contribution in [0.15, 0.2) is 30.6 Å². The van der Waals surface area contributed by atoms with E-state index in [0.29, 0.717) is 12.1 Å². The molecule has 0 radical (unpaired) electrons. The fourth-order valence-corrected chi connectivity index (χ4v) is 1.85. The maximum absolute atomic E-state index is 13.4. The van der Waals surface area contributed by atoms with Crippen molar-refractivity contribution in [3.8, 4) is 11.8 Å². The summed E-state index contributed by atoms with van der Waals surface area (Å²) in [5.41, 5.74) is 1.39. The molecule has 5 nitrogen and oxygen atoms in total. The highest BCUT2D eigenvalue weighted by Gasteiger charge is 2.16. The molecule has 0 saturated carbocycles. The molecule has 0 spiro atoms. The van der Waals surface area contributed by atoms with Crippen molar-refractivity contribution in [1.29, 1.82) is 0 Å². The highest BCUT2D eigenvalue weighted by Crippen LogP contribution is 2.14. The minimum Gasteiger partial charge on any atom is -0.384 e. The molecule has 0 aliphatic carbocycles. The molecule has 0 aliphatic heterocycles. The molecule has 0 bridgehead atoms. The number of amides is 1. The van der Waals surface area contributed by atoms with Crippen LogP contribution in [0, 0.1) is 17.7 Å². The van der Waals surface area contributed by atoms with E-state index in [2.05, 4.69) is 22.0 Å². The van der Waals surface area contributed by atoms with E-state index < -0.39 is 5.82 Å². The molecule has 0 atom stereocenters. The zero-order valence-corrected chi connectivity index (χ0v) is 11.4. The molecule has 2 aromatic rings. The molecule has 1 aromatic heterocycles. The van der Waals surface area contributed by atoms with Crippen molar-refractivity contribution >= 4 is 5.91 Å². The molecule has 2 N–H and O–H groups in total. The summed E-state index contributed by atoms with van der Waals surface area (Å²) in [7, 11) is 1.61. The van der Waals surface area contributed by atoms with Crippen molar-refractivity contribution in [2.45, 2.75) is 6.54 Å². The van der Waals surface area contributed by atoms with Gasteiger partial charge in [0.25, 0.3) is 5.91 Å². The van der Waals surface area contributed by atoms with E-state index in [1.54, 1.807) is 19.4 Å². The van der Waals surface area contributed by atoms with Crippen molar-refractivity contribution in [1.82, 2.24) is 15.1 Å². The zero-order chi connectivity index (χ0) is 15.2. The molecule has 1 aromatic carbocycles. The Morgan fingerprint density at radius 3 is 3.00 bits per heavy atom. The Hall–Kier alpha value is -2.65. The number of halogens is 1. The molecule has 0 aliphatic rings. The number of benzene rings is 1. The fourth-order valence-electron chi connectivity index (χ4n) is 1.85. The number of hydrogen-bond acceptors (Lipinski definition) is 3. The monoisotopic (exact) mass is 287 g/mol. The Morgan fingerprint density at radius 2 is 2.33 bits per heavy atom. The summed E-state index contributed by atoms with van der Waals surface area (Å²) < 4.78 is 13.4. The minimum atomic E-state index is -0.510. The lowest BCUT2D eigenvalue weighted by Crippen LogP contribution is -2.26. The molecule has 6 heteroatoms. The maximum Gasteiger partial charge on any atom is 0.255 e. The molecule has 0 saturated heterocycles. The van der Waals surface area contributed by atoms with Crippen LogP contribution in [-0.2, 0) is 6.54 Å². The quantitative estimate of drug-likeness (QED) is 0.832. The summed E-state index contributed by atoms with van der Waals surface area (Å²) in [4.78, 5) is 13.9. The molecule has 108 valence electrons.